The molecule has 0 bridgehead atoms. The molecule has 1 aliphatic heterocycles. The Kier molecular flexibility index (Phi) is 4.24. The highest BCUT2D eigenvalue weighted by atomic mass is 32.2. The fraction of sp³-hybridized carbons (Fsp3) is 0.412. The van der Waals surface area contributed by atoms with Gasteiger partial charge in [0.05, 0.1) is 17.1 Å². The van der Waals surface area contributed by atoms with E-state index in [1.165, 1.54) is 26.9 Å². The average molecular weight is 377 g/mol. The number of nitrogens with one attached hydrogen (secondary N) is 1. The van der Waals surface area contributed by atoms with Gasteiger partial charge in [-0.15, -0.1) is 11.3 Å². The summed E-state index contributed by atoms with van der Waals surface area (Å²) in [7, 11) is -3.25. The van der Waals surface area contributed by atoms with Gasteiger partial charge in [0, 0.05) is 17.0 Å². The number of thiazole rings is 1. The minimum Gasteiger partial charge on any atom is -0.298 e. The lowest BCUT2D eigenvalue weighted by Crippen LogP contribution is -2.25. The monoisotopic (exact) mass is 377 g/mol. The van der Waals surface area contributed by atoms with Gasteiger partial charge in [0.25, 0.3) is 5.91 Å². The van der Waals surface area contributed by atoms with E-state index < -0.39 is 10.0 Å². The fourth-order valence-electron chi connectivity index (χ4n) is 3.31. The van der Waals surface area contributed by atoms with Crippen LogP contribution in [0.4, 0.5) is 10.8 Å². The Morgan fingerprint density at radius 1 is 1.20 bits per heavy atom. The minimum absolute atomic E-state index is 0.161. The van der Waals surface area contributed by atoms with Gasteiger partial charge in [-0.3, -0.25) is 14.4 Å². The molecule has 8 heteroatoms. The van der Waals surface area contributed by atoms with Gasteiger partial charge in [-0.05, 0) is 50.3 Å². The van der Waals surface area contributed by atoms with Crippen molar-refractivity contribution in [3.05, 3.63) is 40.4 Å². The van der Waals surface area contributed by atoms with Crippen molar-refractivity contribution in [2.75, 3.05) is 21.9 Å². The van der Waals surface area contributed by atoms with Crippen LogP contribution in [0.15, 0.2) is 24.3 Å². The number of amides is 1. The zero-order chi connectivity index (χ0) is 17.4. The Bertz CT molecular complexity index is 897. The second-order valence-electron chi connectivity index (χ2n) is 6.34. The molecule has 0 unspecified atom stereocenters. The molecule has 4 rings (SSSR count). The zero-order valence-corrected chi connectivity index (χ0v) is 15.3. The van der Waals surface area contributed by atoms with Crippen LogP contribution in [0.5, 0.6) is 0 Å². The average Bonchev–Trinajstić information content (AvgIpc) is 3.16. The molecule has 132 valence electrons. The Morgan fingerprint density at radius 3 is 2.80 bits per heavy atom. The number of aryl methyl sites for hydroxylation is 2. The van der Waals surface area contributed by atoms with Gasteiger partial charge in [-0.2, -0.15) is 0 Å². The van der Waals surface area contributed by atoms with Crippen molar-refractivity contribution in [2.45, 2.75) is 32.1 Å². The number of hydrogen-bond donors (Lipinski definition) is 1. The van der Waals surface area contributed by atoms with Crippen LogP contribution in [0, 0.1) is 0 Å². The first-order valence-corrected chi connectivity index (χ1v) is 10.9. The van der Waals surface area contributed by atoms with E-state index in [0.717, 1.165) is 25.0 Å². The minimum atomic E-state index is -3.25. The van der Waals surface area contributed by atoms with E-state index in [9.17, 15) is 13.2 Å². The first kappa shape index (κ1) is 16.5. The molecule has 2 heterocycles. The number of carbonyl (C=O) groups excluding carboxylic acids is 1. The predicted molar refractivity (Wildman–Crippen MR) is 98.9 cm³/mol. The summed E-state index contributed by atoms with van der Waals surface area (Å²) >= 11 is 1.54. The molecule has 1 aromatic heterocycles. The summed E-state index contributed by atoms with van der Waals surface area (Å²) < 4.78 is 25.5. The van der Waals surface area contributed by atoms with Gasteiger partial charge >= 0.3 is 0 Å². The van der Waals surface area contributed by atoms with Crippen LogP contribution in [-0.4, -0.2) is 31.6 Å². The summed E-state index contributed by atoms with van der Waals surface area (Å²) in [4.78, 5) is 18.3. The van der Waals surface area contributed by atoms with E-state index >= 15 is 0 Å². The van der Waals surface area contributed by atoms with Crippen molar-refractivity contribution in [3.8, 4) is 0 Å². The first-order valence-electron chi connectivity index (χ1n) is 8.43. The maximum Gasteiger partial charge on any atom is 0.257 e. The highest BCUT2D eigenvalue weighted by Crippen LogP contribution is 2.30. The molecule has 0 spiro atoms. The molecule has 0 atom stereocenters. The maximum absolute atomic E-state index is 12.5. The van der Waals surface area contributed by atoms with Crippen LogP contribution in [0.1, 0.15) is 40.2 Å². The first-order chi connectivity index (χ1) is 12.0. The summed E-state index contributed by atoms with van der Waals surface area (Å²) in [5.41, 5.74) is 2.08. The van der Waals surface area contributed by atoms with Crippen LogP contribution in [0.3, 0.4) is 0 Å². The van der Waals surface area contributed by atoms with E-state index in [4.69, 9.17) is 0 Å². The number of fused-ring (bicyclic) bond motifs is 1. The van der Waals surface area contributed by atoms with Gasteiger partial charge < -0.3 is 0 Å². The maximum atomic E-state index is 12.5. The number of carbonyl (C=O) groups is 1. The number of hydrogen-bond acceptors (Lipinski definition) is 5. The summed E-state index contributed by atoms with van der Waals surface area (Å²) in [5.74, 6) is -0.0989. The van der Waals surface area contributed by atoms with E-state index in [2.05, 4.69) is 10.3 Å². The lowest BCUT2D eigenvalue weighted by Gasteiger charge is -2.17. The normalized spacial score (nSPS) is 18.8. The van der Waals surface area contributed by atoms with Gasteiger partial charge in [-0.25, -0.2) is 13.4 Å². The lowest BCUT2D eigenvalue weighted by atomic mass is 10.0. The van der Waals surface area contributed by atoms with Crippen LogP contribution < -0.4 is 9.62 Å². The van der Waals surface area contributed by atoms with Gasteiger partial charge in [0.15, 0.2) is 5.13 Å². The Balaban J connectivity index is 1.54. The molecule has 0 saturated carbocycles. The zero-order valence-electron chi connectivity index (χ0n) is 13.7. The fourth-order valence-corrected chi connectivity index (χ4v) is 5.91. The largest absolute Gasteiger partial charge is 0.298 e. The smallest absolute Gasteiger partial charge is 0.257 e. The molecule has 1 amide bonds. The second-order valence-corrected chi connectivity index (χ2v) is 9.44. The number of anilines is 2. The Morgan fingerprint density at radius 2 is 2.04 bits per heavy atom. The third-order valence-corrected chi connectivity index (χ3v) is 7.50. The highest BCUT2D eigenvalue weighted by molar-refractivity contribution is 7.93. The SMILES string of the molecule is O=C(Nc1nc2c(s1)CCCC2)c1cccc(N2CCCS2(=O)=O)c1. The topological polar surface area (TPSA) is 79.4 Å². The van der Waals surface area contributed by atoms with Crippen molar-refractivity contribution in [1.82, 2.24) is 4.98 Å². The van der Waals surface area contributed by atoms with Crippen molar-refractivity contribution < 1.29 is 13.2 Å². The molecule has 25 heavy (non-hydrogen) atoms. The summed E-state index contributed by atoms with van der Waals surface area (Å²) in [5, 5.41) is 3.48. The van der Waals surface area contributed by atoms with E-state index in [1.54, 1.807) is 24.3 Å². The lowest BCUT2D eigenvalue weighted by molar-refractivity contribution is 0.102. The number of benzene rings is 1. The van der Waals surface area contributed by atoms with Crippen LogP contribution in [0.2, 0.25) is 0 Å². The van der Waals surface area contributed by atoms with Crippen LogP contribution in [0.25, 0.3) is 0 Å². The number of sulfonamides is 1. The van der Waals surface area contributed by atoms with Crippen molar-refractivity contribution in [1.29, 1.82) is 0 Å². The van der Waals surface area contributed by atoms with E-state index in [-0.39, 0.29) is 11.7 Å². The second kappa shape index (κ2) is 6.42. The van der Waals surface area contributed by atoms with E-state index in [0.29, 0.717) is 29.3 Å². The molecule has 1 N–H and O–H groups in total. The highest BCUT2D eigenvalue weighted by Gasteiger charge is 2.28. The molecule has 1 aliphatic carbocycles. The molecular formula is C17H19N3O3S2. The third-order valence-electron chi connectivity index (χ3n) is 4.56. The van der Waals surface area contributed by atoms with Crippen LogP contribution >= 0.6 is 11.3 Å². The number of rotatable bonds is 3. The predicted octanol–water partition coefficient (Wildman–Crippen LogP) is 2.81. The van der Waals surface area contributed by atoms with Gasteiger partial charge in [0.1, 0.15) is 0 Å². The third kappa shape index (κ3) is 3.28. The van der Waals surface area contributed by atoms with Crippen molar-refractivity contribution in [2.24, 2.45) is 0 Å². The van der Waals surface area contributed by atoms with Crippen LogP contribution in [-0.2, 0) is 22.9 Å². The van der Waals surface area contributed by atoms with E-state index in [1.807, 2.05) is 0 Å². The Labute approximate surface area is 150 Å². The molecule has 6 nitrogen and oxygen atoms in total. The summed E-state index contributed by atoms with van der Waals surface area (Å²) in [6.45, 7) is 0.465. The van der Waals surface area contributed by atoms with Gasteiger partial charge in [-0.1, -0.05) is 6.07 Å². The number of aromatic nitrogens is 1. The summed E-state index contributed by atoms with van der Waals surface area (Å²) in [6.07, 6.45) is 4.95. The van der Waals surface area contributed by atoms with Crippen molar-refractivity contribution >= 4 is 38.1 Å². The Hall–Kier alpha value is -1.93. The van der Waals surface area contributed by atoms with Gasteiger partial charge in [0.2, 0.25) is 10.0 Å². The molecule has 1 aromatic carbocycles. The molecule has 0 radical (unpaired) electrons. The summed E-state index contributed by atoms with van der Waals surface area (Å²) in [6, 6.07) is 6.76. The van der Waals surface area contributed by atoms with Crippen molar-refractivity contribution in [3.63, 3.8) is 0 Å². The molecule has 2 aromatic rings. The standard InChI is InChI=1S/C17H19N3O3S2/c21-16(19-17-18-14-7-1-2-8-15(14)24-17)12-5-3-6-13(11-12)20-9-4-10-25(20,22)23/h3,5-6,11H,1-2,4,7-10H2,(H,18,19,21). The molecule has 1 fully saturated rings. The molecular weight excluding hydrogens is 358 g/mol. The molecule has 2 aliphatic rings. The quantitative estimate of drug-likeness (QED) is 0.892. The number of nitrogens with zero attached hydrogens (tertiary/aromatic N) is 2. The molecule has 1 saturated heterocycles.